The molecule has 1 aromatic heterocycles. The first kappa shape index (κ1) is 16.7. The number of thioether (sulfide) groups is 1. The first-order chi connectivity index (χ1) is 10.5. The van der Waals surface area contributed by atoms with Gasteiger partial charge in [0.1, 0.15) is 5.82 Å². The van der Waals surface area contributed by atoms with E-state index in [-0.39, 0.29) is 6.03 Å². The number of carbonyl (C=O) groups is 1. The van der Waals surface area contributed by atoms with Crippen molar-refractivity contribution in [3.05, 3.63) is 23.9 Å². The molecule has 1 aromatic rings. The fourth-order valence-electron chi connectivity index (χ4n) is 1.90. The van der Waals surface area contributed by atoms with Crippen LogP contribution in [0.1, 0.15) is 5.56 Å². The van der Waals surface area contributed by atoms with Gasteiger partial charge in [0.25, 0.3) is 0 Å². The first-order valence-electron chi connectivity index (χ1n) is 6.84. The number of halogens is 3. The molecule has 0 atom stereocenters. The van der Waals surface area contributed by atoms with Crippen LogP contribution >= 0.6 is 11.8 Å². The Morgan fingerprint density at radius 2 is 2.00 bits per heavy atom. The Balaban J connectivity index is 1.69. The van der Waals surface area contributed by atoms with Gasteiger partial charge in [0.2, 0.25) is 0 Å². The van der Waals surface area contributed by atoms with Crippen LogP contribution < -0.4 is 10.6 Å². The minimum Gasteiger partial charge on any atom is -0.368 e. The van der Waals surface area contributed by atoms with Crippen molar-refractivity contribution < 1.29 is 18.0 Å². The summed E-state index contributed by atoms with van der Waals surface area (Å²) >= 11 is 1.82. The average molecular weight is 334 g/mol. The van der Waals surface area contributed by atoms with Crippen molar-refractivity contribution in [3.63, 3.8) is 0 Å². The maximum atomic E-state index is 12.4. The van der Waals surface area contributed by atoms with Gasteiger partial charge in [0, 0.05) is 43.9 Å². The van der Waals surface area contributed by atoms with Crippen LogP contribution in [0.3, 0.4) is 0 Å². The summed E-state index contributed by atoms with van der Waals surface area (Å²) in [4.78, 5) is 17.3. The van der Waals surface area contributed by atoms with Crippen molar-refractivity contribution in [2.75, 3.05) is 43.0 Å². The van der Waals surface area contributed by atoms with E-state index in [2.05, 4.69) is 15.6 Å². The van der Waals surface area contributed by atoms with Crippen molar-refractivity contribution >= 4 is 23.6 Å². The lowest BCUT2D eigenvalue weighted by Gasteiger charge is -2.26. The van der Waals surface area contributed by atoms with Gasteiger partial charge in [-0.05, 0) is 12.1 Å². The summed E-state index contributed by atoms with van der Waals surface area (Å²) in [6, 6.07) is 2.13. The highest BCUT2D eigenvalue weighted by Gasteiger charge is 2.30. The second-order valence-corrected chi connectivity index (χ2v) is 5.91. The lowest BCUT2D eigenvalue weighted by Crippen LogP contribution is -2.45. The molecular weight excluding hydrogens is 317 g/mol. The molecule has 2 N–H and O–H groups in total. The largest absolute Gasteiger partial charge is 0.417 e. The zero-order chi connectivity index (χ0) is 16.0. The quantitative estimate of drug-likeness (QED) is 0.830. The molecule has 0 bridgehead atoms. The molecule has 0 radical (unpaired) electrons. The summed E-state index contributed by atoms with van der Waals surface area (Å²) in [5.74, 6) is 2.24. The lowest BCUT2D eigenvalue weighted by atomic mass is 10.3. The zero-order valence-electron chi connectivity index (χ0n) is 11.8. The van der Waals surface area contributed by atoms with E-state index in [4.69, 9.17) is 0 Å². The number of anilines is 1. The van der Waals surface area contributed by atoms with Gasteiger partial charge in [-0.15, -0.1) is 0 Å². The molecule has 22 heavy (non-hydrogen) atoms. The van der Waals surface area contributed by atoms with E-state index in [1.54, 1.807) is 4.90 Å². The van der Waals surface area contributed by atoms with Crippen molar-refractivity contribution in [3.8, 4) is 0 Å². The predicted molar refractivity (Wildman–Crippen MR) is 80.0 cm³/mol. The van der Waals surface area contributed by atoms with E-state index >= 15 is 0 Å². The molecule has 2 amide bonds. The molecule has 5 nitrogen and oxygen atoms in total. The molecule has 2 rings (SSSR count). The van der Waals surface area contributed by atoms with Crippen LogP contribution in [0.5, 0.6) is 0 Å². The number of amides is 2. The molecule has 1 fully saturated rings. The maximum Gasteiger partial charge on any atom is 0.417 e. The molecule has 0 saturated carbocycles. The fourth-order valence-corrected chi connectivity index (χ4v) is 2.81. The smallest absolute Gasteiger partial charge is 0.368 e. The second-order valence-electron chi connectivity index (χ2n) is 4.69. The Morgan fingerprint density at radius 3 is 2.59 bits per heavy atom. The van der Waals surface area contributed by atoms with Crippen LogP contribution in [0, 0.1) is 0 Å². The molecule has 1 aliphatic rings. The molecule has 1 aliphatic heterocycles. The second kappa shape index (κ2) is 7.57. The van der Waals surface area contributed by atoms with Gasteiger partial charge in [0.05, 0.1) is 5.56 Å². The molecule has 0 spiro atoms. The molecule has 0 aliphatic carbocycles. The lowest BCUT2D eigenvalue weighted by molar-refractivity contribution is -0.137. The third-order valence-electron chi connectivity index (χ3n) is 3.10. The van der Waals surface area contributed by atoms with Crippen LogP contribution in [0.25, 0.3) is 0 Å². The number of alkyl halides is 3. The summed E-state index contributed by atoms with van der Waals surface area (Å²) in [7, 11) is 0. The standard InChI is InChI=1S/C13H17F3N4OS/c14-13(15,16)10-1-2-11(19-9-10)17-3-4-18-12(21)20-5-7-22-8-6-20/h1-2,9H,3-8H2,(H,17,19)(H,18,21). The SMILES string of the molecule is O=C(NCCNc1ccc(C(F)(F)F)cn1)N1CCSCC1. The molecule has 1 saturated heterocycles. The van der Waals surface area contributed by atoms with E-state index in [1.165, 1.54) is 6.07 Å². The van der Waals surface area contributed by atoms with Crippen LogP contribution in [-0.4, -0.2) is 53.6 Å². The van der Waals surface area contributed by atoms with Gasteiger partial charge in [-0.2, -0.15) is 24.9 Å². The van der Waals surface area contributed by atoms with Crippen LogP contribution in [0.4, 0.5) is 23.8 Å². The Morgan fingerprint density at radius 1 is 1.27 bits per heavy atom. The topological polar surface area (TPSA) is 57.3 Å². The van der Waals surface area contributed by atoms with E-state index < -0.39 is 11.7 Å². The third kappa shape index (κ3) is 4.97. The van der Waals surface area contributed by atoms with Gasteiger partial charge in [-0.3, -0.25) is 0 Å². The summed E-state index contributed by atoms with van der Waals surface area (Å²) in [6.45, 7) is 2.26. The predicted octanol–water partition coefficient (Wildman–Crippen LogP) is 2.27. The molecular formula is C13H17F3N4OS. The van der Waals surface area contributed by atoms with Crippen molar-refractivity contribution in [1.29, 1.82) is 0 Å². The molecule has 0 aromatic carbocycles. The number of nitrogens with zero attached hydrogens (tertiary/aromatic N) is 2. The number of carbonyl (C=O) groups excluding carboxylic acids is 1. The molecule has 122 valence electrons. The normalized spacial score (nSPS) is 15.5. The minimum absolute atomic E-state index is 0.109. The summed E-state index contributed by atoms with van der Waals surface area (Å²) in [6.07, 6.45) is -3.60. The van der Waals surface area contributed by atoms with Gasteiger partial charge >= 0.3 is 12.2 Å². The monoisotopic (exact) mass is 334 g/mol. The average Bonchev–Trinajstić information content (AvgIpc) is 2.52. The van der Waals surface area contributed by atoms with Crippen LogP contribution in [0.15, 0.2) is 18.3 Å². The molecule has 2 heterocycles. The number of aromatic nitrogens is 1. The van der Waals surface area contributed by atoms with Crippen molar-refractivity contribution in [1.82, 2.24) is 15.2 Å². The van der Waals surface area contributed by atoms with E-state index in [0.717, 1.165) is 36.9 Å². The first-order valence-corrected chi connectivity index (χ1v) is 8.00. The number of nitrogens with one attached hydrogen (secondary N) is 2. The van der Waals surface area contributed by atoms with Crippen molar-refractivity contribution in [2.45, 2.75) is 6.18 Å². The van der Waals surface area contributed by atoms with Crippen molar-refractivity contribution in [2.24, 2.45) is 0 Å². The Labute approximate surface area is 130 Å². The highest BCUT2D eigenvalue weighted by atomic mass is 32.2. The van der Waals surface area contributed by atoms with E-state index in [0.29, 0.717) is 18.9 Å². The van der Waals surface area contributed by atoms with Crippen LogP contribution in [-0.2, 0) is 6.18 Å². The maximum absolute atomic E-state index is 12.4. The summed E-state index contributed by atoms with van der Waals surface area (Å²) in [5, 5.41) is 5.63. The fraction of sp³-hybridized carbons (Fsp3) is 0.538. The summed E-state index contributed by atoms with van der Waals surface area (Å²) in [5.41, 5.74) is -0.783. The highest BCUT2D eigenvalue weighted by molar-refractivity contribution is 7.99. The number of hydrogen-bond donors (Lipinski definition) is 2. The van der Waals surface area contributed by atoms with Gasteiger partial charge in [-0.25, -0.2) is 9.78 Å². The zero-order valence-corrected chi connectivity index (χ0v) is 12.6. The number of rotatable bonds is 4. The van der Waals surface area contributed by atoms with E-state index in [9.17, 15) is 18.0 Å². The van der Waals surface area contributed by atoms with Gasteiger partial charge in [-0.1, -0.05) is 0 Å². The number of hydrogen-bond acceptors (Lipinski definition) is 4. The minimum atomic E-state index is -4.38. The highest BCUT2D eigenvalue weighted by Crippen LogP contribution is 2.28. The van der Waals surface area contributed by atoms with Gasteiger partial charge < -0.3 is 15.5 Å². The Bertz CT molecular complexity index is 489. The molecule has 9 heteroatoms. The third-order valence-corrected chi connectivity index (χ3v) is 4.04. The van der Waals surface area contributed by atoms with E-state index in [1.807, 2.05) is 11.8 Å². The molecule has 0 unspecified atom stereocenters. The number of urea groups is 1. The Hall–Kier alpha value is -1.64. The van der Waals surface area contributed by atoms with Gasteiger partial charge in [0.15, 0.2) is 0 Å². The number of pyridine rings is 1. The Kier molecular flexibility index (Phi) is 5.76. The summed E-state index contributed by atoms with van der Waals surface area (Å²) < 4.78 is 37.1. The van der Waals surface area contributed by atoms with Crippen LogP contribution in [0.2, 0.25) is 0 Å².